The van der Waals surface area contributed by atoms with Crippen molar-refractivity contribution in [3.8, 4) is 11.5 Å². The van der Waals surface area contributed by atoms with Crippen LogP contribution >= 0.6 is 0 Å². The quantitative estimate of drug-likeness (QED) is 0.744. The van der Waals surface area contributed by atoms with Crippen molar-refractivity contribution in [1.29, 1.82) is 0 Å². The van der Waals surface area contributed by atoms with Crippen LogP contribution in [-0.4, -0.2) is 47.4 Å². The summed E-state index contributed by atoms with van der Waals surface area (Å²) < 4.78 is 11.8. The number of amides is 2. The van der Waals surface area contributed by atoms with Crippen LogP contribution in [0.4, 0.5) is 4.79 Å². The molecule has 2 aliphatic heterocycles. The predicted octanol–water partition coefficient (Wildman–Crippen LogP) is 2.73. The Morgan fingerprint density at radius 2 is 2.19 bits per heavy atom. The van der Waals surface area contributed by atoms with E-state index in [-0.39, 0.29) is 23.1 Å². The lowest BCUT2D eigenvalue weighted by Gasteiger charge is -2.36. The van der Waals surface area contributed by atoms with Gasteiger partial charge in [-0.05, 0) is 38.8 Å². The molecule has 0 saturated carbocycles. The van der Waals surface area contributed by atoms with Crippen LogP contribution in [0.3, 0.4) is 0 Å². The van der Waals surface area contributed by atoms with Gasteiger partial charge in [0.05, 0.1) is 18.6 Å². The van der Waals surface area contributed by atoms with E-state index in [1.807, 2.05) is 43.9 Å². The van der Waals surface area contributed by atoms with Crippen molar-refractivity contribution < 1.29 is 19.4 Å². The normalized spacial score (nSPS) is 28.7. The fraction of sp³-hybridized carbons (Fsp3) is 0.571. The van der Waals surface area contributed by atoms with E-state index in [1.54, 1.807) is 7.11 Å². The summed E-state index contributed by atoms with van der Waals surface area (Å²) in [5.41, 5.74) is 1.58. The third-order valence-corrected chi connectivity index (χ3v) is 5.72. The van der Waals surface area contributed by atoms with Gasteiger partial charge in [-0.2, -0.15) is 0 Å². The zero-order chi connectivity index (χ0) is 19.4. The van der Waals surface area contributed by atoms with Crippen LogP contribution in [-0.2, 0) is 12.0 Å². The Bertz CT molecular complexity index is 798. The lowest BCUT2D eigenvalue weighted by Crippen LogP contribution is -2.49. The summed E-state index contributed by atoms with van der Waals surface area (Å²) in [6.45, 7) is 7.11. The summed E-state index contributed by atoms with van der Waals surface area (Å²) >= 11 is 0. The molecule has 0 radical (unpaired) electrons. The Balaban J connectivity index is 1.77. The maximum atomic E-state index is 12.8. The minimum atomic E-state index is -0.507. The van der Waals surface area contributed by atoms with Crippen LogP contribution in [0.15, 0.2) is 24.3 Å². The average molecular weight is 372 g/mol. The number of hydrogen-bond acceptors (Lipinski definition) is 4. The van der Waals surface area contributed by atoms with Crippen molar-refractivity contribution in [2.45, 2.75) is 63.3 Å². The second-order valence-electron chi connectivity index (χ2n) is 8.79. The number of aliphatic hydroxyl groups is 1. The first-order valence-corrected chi connectivity index (χ1v) is 9.55. The molecule has 4 rings (SSSR count). The Morgan fingerprint density at radius 3 is 2.89 bits per heavy atom. The van der Waals surface area contributed by atoms with Gasteiger partial charge >= 0.3 is 6.03 Å². The third-order valence-electron chi connectivity index (χ3n) is 5.72. The summed E-state index contributed by atoms with van der Waals surface area (Å²) in [6, 6.07) is 3.89. The fourth-order valence-electron chi connectivity index (χ4n) is 4.51. The number of carbonyl (C=O) groups excluding carboxylic acids is 1. The van der Waals surface area contributed by atoms with Gasteiger partial charge in [0.1, 0.15) is 6.10 Å². The molecule has 1 aromatic carbocycles. The number of benzene rings is 1. The molecule has 1 aromatic rings. The number of carbonyl (C=O) groups is 1. The Kier molecular flexibility index (Phi) is 4.14. The van der Waals surface area contributed by atoms with Gasteiger partial charge in [-0.25, -0.2) is 4.79 Å². The molecule has 3 aliphatic rings. The molecule has 1 spiro atoms. The van der Waals surface area contributed by atoms with E-state index in [2.05, 4.69) is 11.4 Å². The minimum Gasteiger partial charge on any atom is -0.493 e. The number of nitrogens with zero attached hydrogens (tertiary/aromatic N) is 1. The Labute approximate surface area is 160 Å². The van der Waals surface area contributed by atoms with E-state index >= 15 is 0 Å². The number of methoxy groups -OCH3 is 1. The van der Waals surface area contributed by atoms with E-state index in [4.69, 9.17) is 9.47 Å². The maximum absolute atomic E-state index is 12.8. The van der Waals surface area contributed by atoms with Crippen LogP contribution < -0.4 is 14.8 Å². The number of nitrogens with one attached hydrogen (secondary N) is 1. The first-order valence-electron chi connectivity index (χ1n) is 9.55. The molecule has 0 fully saturated rings. The van der Waals surface area contributed by atoms with Gasteiger partial charge in [0.2, 0.25) is 0 Å². The highest BCUT2D eigenvalue weighted by Gasteiger charge is 2.53. The van der Waals surface area contributed by atoms with Crippen LogP contribution in [0.1, 0.15) is 44.7 Å². The number of hydrogen-bond donors (Lipinski definition) is 2. The molecule has 0 saturated heterocycles. The molecule has 0 bridgehead atoms. The molecule has 2 heterocycles. The molecular weight excluding hydrogens is 344 g/mol. The van der Waals surface area contributed by atoms with E-state index in [9.17, 15) is 9.90 Å². The summed E-state index contributed by atoms with van der Waals surface area (Å²) in [7, 11) is 1.64. The van der Waals surface area contributed by atoms with Gasteiger partial charge in [-0.1, -0.05) is 18.2 Å². The van der Waals surface area contributed by atoms with Crippen molar-refractivity contribution in [3.05, 3.63) is 35.4 Å². The lowest BCUT2D eigenvalue weighted by molar-refractivity contribution is 0.0819. The van der Waals surface area contributed by atoms with Crippen molar-refractivity contribution in [3.63, 3.8) is 0 Å². The van der Waals surface area contributed by atoms with E-state index in [0.717, 1.165) is 23.3 Å². The summed E-state index contributed by atoms with van der Waals surface area (Å²) in [6.07, 6.45) is 4.60. The molecule has 2 amide bonds. The van der Waals surface area contributed by atoms with E-state index < -0.39 is 6.10 Å². The zero-order valence-corrected chi connectivity index (χ0v) is 16.4. The minimum absolute atomic E-state index is 0.0549. The first-order chi connectivity index (χ1) is 12.7. The molecule has 6 heteroatoms. The van der Waals surface area contributed by atoms with Crippen molar-refractivity contribution in [2.24, 2.45) is 0 Å². The summed E-state index contributed by atoms with van der Waals surface area (Å²) in [4.78, 5) is 14.7. The SMILES string of the molecule is COc1ccc2c3c1OC1CC(O)C=CC31CCN(C(=O)NC(C)(C)C)C2. The molecule has 1 aliphatic carbocycles. The van der Waals surface area contributed by atoms with Gasteiger partial charge in [0, 0.05) is 30.6 Å². The number of ether oxygens (including phenoxy) is 2. The molecule has 2 N–H and O–H groups in total. The average Bonchev–Trinajstić information content (AvgIpc) is 2.81. The summed E-state index contributed by atoms with van der Waals surface area (Å²) in [5.74, 6) is 1.47. The van der Waals surface area contributed by atoms with Crippen LogP contribution in [0.2, 0.25) is 0 Å². The molecule has 3 atom stereocenters. The number of aliphatic hydroxyl groups excluding tert-OH is 1. The van der Waals surface area contributed by atoms with Crippen molar-refractivity contribution >= 4 is 6.03 Å². The molecule has 3 unspecified atom stereocenters. The van der Waals surface area contributed by atoms with Gasteiger partial charge < -0.3 is 24.8 Å². The van der Waals surface area contributed by atoms with E-state index in [1.165, 1.54) is 0 Å². The lowest BCUT2D eigenvalue weighted by atomic mass is 9.69. The largest absolute Gasteiger partial charge is 0.493 e. The number of rotatable bonds is 1. The molecule has 146 valence electrons. The third kappa shape index (κ3) is 2.96. The molecule has 0 aromatic heterocycles. The fourth-order valence-corrected chi connectivity index (χ4v) is 4.51. The second kappa shape index (κ2) is 6.16. The van der Waals surface area contributed by atoms with Gasteiger partial charge in [-0.15, -0.1) is 0 Å². The van der Waals surface area contributed by atoms with Gasteiger partial charge in [-0.3, -0.25) is 0 Å². The van der Waals surface area contributed by atoms with Crippen LogP contribution in [0.5, 0.6) is 11.5 Å². The first kappa shape index (κ1) is 18.2. The highest BCUT2D eigenvalue weighted by molar-refractivity contribution is 5.75. The summed E-state index contributed by atoms with van der Waals surface area (Å²) in [5, 5.41) is 13.2. The van der Waals surface area contributed by atoms with Crippen LogP contribution in [0.25, 0.3) is 0 Å². The smallest absolute Gasteiger partial charge is 0.318 e. The molecule has 6 nitrogen and oxygen atoms in total. The highest BCUT2D eigenvalue weighted by atomic mass is 16.5. The number of urea groups is 1. The second-order valence-corrected chi connectivity index (χ2v) is 8.79. The van der Waals surface area contributed by atoms with Gasteiger partial charge in [0.15, 0.2) is 11.5 Å². The Morgan fingerprint density at radius 1 is 1.41 bits per heavy atom. The Hall–Kier alpha value is -2.21. The van der Waals surface area contributed by atoms with Crippen molar-refractivity contribution in [2.75, 3.05) is 13.7 Å². The molecular formula is C21H28N2O4. The molecule has 27 heavy (non-hydrogen) atoms. The van der Waals surface area contributed by atoms with Crippen LogP contribution in [0, 0.1) is 0 Å². The topological polar surface area (TPSA) is 71.0 Å². The zero-order valence-electron chi connectivity index (χ0n) is 16.4. The van der Waals surface area contributed by atoms with Gasteiger partial charge in [0.25, 0.3) is 0 Å². The predicted molar refractivity (Wildman–Crippen MR) is 102 cm³/mol. The monoisotopic (exact) mass is 372 g/mol. The van der Waals surface area contributed by atoms with E-state index in [0.29, 0.717) is 25.3 Å². The standard InChI is InChI=1S/C21H28N2O4/c1-20(2,3)22-19(25)23-10-9-21-8-7-14(24)11-16(21)27-18-15(26-4)6-5-13(12-23)17(18)21/h5-8,14,16,24H,9-12H2,1-4H3,(H,22,25). The van der Waals surface area contributed by atoms with Crippen molar-refractivity contribution in [1.82, 2.24) is 10.2 Å². The maximum Gasteiger partial charge on any atom is 0.318 e. The highest BCUT2D eigenvalue weighted by Crippen LogP contribution is 2.55.